The van der Waals surface area contributed by atoms with Gasteiger partial charge in [-0.3, -0.25) is 0 Å². The number of aromatic nitrogens is 4. The second-order valence-electron chi connectivity index (χ2n) is 1.76. The lowest BCUT2D eigenvalue weighted by molar-refractivity contribution is 0.586. The summed E-state index contributed by atoms with van der Waals surface area (Å²) in [6.07, 6.45) is 0. The van der Waals surface area contributed by atoms with Gasteiger partial charge < -0.3 is 4.55 Å². The van der Waals surface area contributed by atoms with Crippen LogP contribution in [0.1, 0.15) is 0 Å². The van der Waals surface area contributed by atoms with Crippen LogP contribution in [0.4, 0.5) is 0 Å². The zero-order chi connectivity index (χ0) is 8.39. The Bertz CT molecular complexity index is 299. The monoisotopic (exact) mass is 218 g/mol. The van der Waals surface area contributed by atoms with E-state index in [1.165, 1.54) is 23.1 Å². The molecule has 0 saturated heterocycles. The molecule has 12 heavy (non-hydrogen) atoms. The zero-order valence-corrected chi connectivity index (χ0v) is 8.03. The van der Waals surface area contributed by atoms with Crippen molar-refractivity contribution in [3.05, 3.63) is 10.8 Å². The van der Waals surface area contributed by atoms with Gasteiger partial charge in [-0.15, -0.1) is 0 Å². The number of nitrogens with zero attached hydrogens (tertiary/aromatic N) is 4. The molecule has 0 atom stereocenters. The first-order chi connectivity index (χ1) is 5.88. The van der Waals surface area contributed by atoms with Crippen LogP contribution in [0.2, 0.25) is 0 Å². The Morgan fingerprint density at radius 1 is 1.08 bits per heavy atom. The predicted octanol–water partition coefficient (Wildman–Crippen LogP) is 0.556. The van der Waals surface area contributed by atoms with Crippen LogP contribution in [0.5, 0.6) is 0 Å². The van der Waals surface area contributed by atoms with Gasteiger partial charge in [0.2, 0.25) is 0 Å². The van der Waals surface area contributed by atoms with Crippen molar-refractivity contribution in [2.75, 3.05) is 0 Å². The molecule has 0 aliphatic carbocycles. The summed E-state index contributed by atoms with van der Waals surface area (Å²) in [7, 11) is 0. The van der Waals surface area contributed by atoms with Gasteiger partial charge in [-0.05, 0) is 23.1 Å². The van der Waals surface area contributed by atoms with Crippen molar-refractivity contribution in [2.45, 2.75) is 10.1 Å². The quantitative estimate of drug-likeness (QED) is 0.688. The fourth-order valence-corrected chi connectivity index (χ4v) is 2.72. The van der Waals surface area contributed by atoms with Gasteiger partial charge in [0.05, 0.1) is 21.9 Å². The standard InChI is InChI=1S/C4H2N4OS3/c9-12(3-1-10-7-5-3)4-2-11-8-6-4/h1-2H. The van der Waals surface area contributed by atoms with Crippen LogP contribution < -0.4 is 0 Å². The molecule has 0 saturated carbocycles. The van der Waals surface area contributed by atoms with Gasteiger partial charge in [-0.2, -0.15) is 0 Å². The highest BCUT2D eigenvalue weighted by Gasteiger charge is 2.20. The molecule has 62 valence electrons. The molecule has 0 fully saturated rings. The van der Waals surface area contributed by atoms with Crippen molar-refractivity contribution in [1.82, 2.24) is 19.2 Å². The Morgan fingerprint density at radius 3 is 1.92 bits per heavy atom. The minimum Gasteiger partial charge on any atom is -0.604 e. The van der Waals surface area contributed by atoms with Crippen molar-refractivity contribution >= 4 is 34.2 Å². The molecule has 0 aromatic carbocycles. The second-order valence-corrected chi connectivity index (χ2v) is 4.35. The molecule has 0 bridgehead atoms. The van der Waals surface area contributed by atoms with E-state index >= 15 is 0 Å². The molecule has 8 heteroatoms. The molecule has 2 rings (SSSR count). The molecule has 2 aromatic rings. The van der Waals surface area contributed by atoms with E-state index in [0.29, 0.717) is 10.1 Å². The van der Waals surface area contributed by atoms with Crippen LogP contribution in [-0.4, -0.2) is 23.7 Å². The van der Waals surface area contributed by atoms with Crippen molar-refractivity contribution in [1.29, 1.82) is 0 Å². The van der Waals surface area contributed by atoms with Crippen molar-refractivity contribution in [3.63, 3.8) is 0 Å². The van der Waals surface area contributed by atoms with Crippen LogP contribution in [-0.2, 0) is 11.2 Å². The molecule has 0 unspecified atom stereocenters. The molecular weight excluding hydrogens is 216 g/mol. The van der Waals surface area contributed by atoms with Gasteiger partial charge in [0.25, 0.3) is 10.1 Å². The lowest BCUT2D eigenvalue weighted by atomic mass is 11.0. The second kappa shape index (κ2) is 3.44. The molecule has 0 radical (unpaired) electrons. The summed E-state index contributed by atoms with van der Waals surface area (Å²) in [6.45, 7) is 0. The van der Waals surface area contributed by atoms with Gasteiger partial charge in [0, 0.05) is 0 Å². The Labute approximate surface area is 79.0 Å². The van der Waals surface area contributed by atoms with Crippen LogP contribution in [0.15, 0.2) is 20.8 Å². The number of hydrogen-bond acceptors (Lipinski definition) is 7. The summed E-state index contributed by atoms with van der Waals surface area (Å²) in [6, 6.07) is 0. The highest BCUT2D eigenvalue weighted by Crippen LogP contribution is 2.17. The maximum atomic E-state index is 11.5. The predicted molar refractivity (Wildman–Crippen MR) is 44.5 cm³/mol. The molecular formula is C4H2N4OS3. The van der Waals surface area contributed by atoms with Crippen molar-refractivity contribution in [2.24, 2.45) is 0 Å². The summed E-state index contributed by atoms with van der Waals surface area (Å²) in [4.78, 5) is 0. The highest BCUT2D eigenvalue weighted by atomic mass is 32.2. The molecule has 0 aliphatic heterocycles. The van der Waals surface area contributed by atoms with E-state index in [1.807, 2.05) is 0 Å². The molecule has 0 amide bonds. The van der Waals surface area contributed by atoms with E-state index in [9.17, 15) is 4.55 Å². The van der Waals surface area contributed by atoms with E-state index < -0.39 is 11.2 Å². The number of hydrogen-bond donors (Lipinski definition) is 0. The Kier molecular flexibility index (Phi) is 2.30. The molecule has 0 N–H and O–H groups in total. The first-order valence-corrected chi connectivity index (χ1v) is 5.66. The summed E-state index contributed by atoms with van der Waals surface area (Å²) in [5.74, 6) is 0. The minimum absolute atomic E-state index is 0.438. The summed E-state index contributed by atoms with van der Waals surface area (Å²) < 4.78 is 18.7. The molecule has 2 heterocycles. The molecule has 5 nitrogen and oxygen atoms in total. The first kappa shape index (κ1) is 8.05. The average Bonchev–Trinajstić information content (AvgIpc) is 2.77. The largest absolute Gasteiger partial charge is 0.604 e. The third-order valence-electron chi connectivity index (χ3n) is 1.06. The third-order valence-corrected chi connectivity index (χ3v) is 3.53. The zero-order valence-electron chi connectivity index (χ0n) is 5.58. The Balaban J connectivity index is 2.27. The smallest absolute Gasteiger partial charge is 0.283 e. The van der Waals surface area contributed by atoms with Crippen molar-refractivity contribution < 1.29 is 4.55 Å². The van der Waals surface area contributed by atoms with Gasteiger partial charge in [0.1, 0.15) is 0 Å². The van der Waals surface area contributed by atoms with Crippen LogP contribution >= 0.6 is 23.1 Å². The van der Waals surface area contributed by atoms with E-state index in [0.717, 1.165) is 0 Å². The van der Waals surface area contributed by atoms with Crippen molar-refractivity contribution in [3.8, 4) is 0 Å². The lowest BCUT2D eigenvalue weighted by Gasteiger charge is -1.98. The van der Waals surface area contributed by atoms with E-state index in [1.54, 1.807) is 10.8 Å². The minimum atomic E-state index is -1.31. The van der Waals surface area contributed by atoms with Crippen LogP contribution in [0.3, 0.4) is 0 Å². The fourth-order valence-electron chi connectivity index (χ4n) is 0.581. The number of rotatable bonds is 2. The summed E-state index contributed by atoms with van der Waals surface area (Å²) >= 11 is 1.02. The van der Waals surface area contributed by atoms with Gasteiger partial charge >= 0.3 is 0 Å². The maximum Gasteiger partial charge on any atom is 0.283 e. The summed E-state index contributed by atoms with van der Waals surface area (Å²) in [5.41, 5.74) is 0. The maximum absolute atomic E-state index is 11.5. The van der Waals surface area contributed by atoms with Crippen LogP contribution in [0, 0.1) is 0 Å². The van der Waals surface area contributed by atoms with E-state index in [2.05, 4.69) is 19.2 Å². The normalized spacial score (nSPS) is 10.8. The first-order valence-electron chi connectivity index (χ1n) is 2.84. The highest BCUT2D eigenvalue weighted by molar-refractivity contribution is 7.91. The molecule has 0 aliphatic rings. The van der Waals surface area contributed by atoms with E-state index in [-0.39, 0.29) is 0 Å². The van der Waals surface area contributed by atoms with Gasteiger partial charge in [-0.1, -0.05) is 19.2 Å². The third kappa shape index (κ3) is 1.46. The SMILES string of the molecule is [O-][S+](c1csnn1)c1csnn1. The summed E-state index contributed by atoms with van der Waals surface area (Å²) in [5, 5.41) is 11.5. The lowest BCUT2D eigenvalue weighted by Crippen LogP contribution is -2.02. The van der Waals surface area contributed by atoms with Crippen LogP contribution in [0.25, 0.3) is 0 Å². The Morgan fingerprint density at radius 2 is 1.58 bits per heavy atom. The van der Waals surface area contributed by atoms with Gasteiger partial charge in [-0.25, -0.2) is 0 Å². The average molecular weight is 218 g/mol. The van der Waals surface area contributed by atoms with E-state index in [4.69, 9.17) is 0 Å². The topological polar surface area (TPSA) is 74.6 Å². The fraction of sp³-hybridized carbons (Fsp3) is 0. The Hall–Kier alpha value is -0.570. The molecule has 2 aromatic heterocycles. The molecule has 0 spiro atoms. The van der Waals surface area contributed by atoms with Gasteiger partial charge in [0.15, 0.2) is 0 Å².